The van der Waals surface area contributed by atoms with Crippen LogP contribution in [0.25, 0.3) is 11.0 Å². The molecule has 3 aromatic rings. The highest BCUT2D eigenvalue weighted by Gasteiger charge is 2.14. The van der Waals surface area contributed by atoms with Gasteiger partial charge in [0, 0.05) is 13.1 Å². The molecule has 2 aromatic heterocycles. The van der Waals surface area contributed by atoms with Gasteiger partial charge in [0.15, 0.2) is 5.69 Å². The second-order valence-corrected chi connectivity index (χ2v) is 4.55. The molecule has 0 radical (unpaired) electrons. The maximum Gasteiger partial charge on any atom is 0.271 e. The highest BCUT2D eigenvalue weighted by Crippen LogP contribution is 2.26. The third-order valence-corrected chi connectivity index (χ3v) is 3.07. The van der Waals surface area contributed by atoms with Gasteiger partial charge in [0.2, 0.25) is 0 Å². The van der Waals surface area contributed by atoms with E-state index in [1.54, 1.807) is 6.33 Å². The van der Waals surface area contributed by atoms with Crippen molar-refractivity contribution in [2.45, 2.75) is 0 Å². The summed E-state index contributed by atoms with van der Waals surface area (Å²) in [4.78, 5) is 15.7. The number of carbonyl (C=O) groups is 1. The molecule has 8 nitrogen and oxygen atoms in total. The van der Waals surface area contributed by atoms with E-state index in [1.165, 1.54) is 6.07 Å². The summed E-state index contributed by atoms with van der Waals surface area (Å²) in [5.74, 6) is -0.492. The zero-order chi connectivity index (χ0) is 15.0. The van der Waals surface area contributed by atoms with Gasteiger partial charge in [0.05, 0.1) is 23.2 Å². The number of nitrogens with zero attached hydrogens (tertiary/aromatic N) is 4. The number of hydrogen-bond acceptors (Lipinski definition) is 6. The predicted molar refractivity (Wildman–Crippen MR) is 79.0 cm³/mol. The average Bonchev–Trinajstić information content (AvgIpc) is 2.82. The minimum absolute atomic E-state index is 0.0251. The molecule has 0 saturated heterocycles. The van der Waals surface area contributed by atoms with Gasteiger partial charge in [-0.05, 0) is 12.1 Å². The van der Waals surface area contributed by atoms with E-state index in [4.69, 9.17) is 11.5 Å². The number of fused-ring (bicyclic) bond motifs is 1. The second kappa shape index (κ2) is 4.75. The Hall–Kier alpha value is -3.16. The lowest BCUT2D eigenvalue weighted by atomic mass is 10.2. The predicted octanol–water partition coefficient (Wildman–Crippen LogP) is 0.788. The van der Waals surface area contributed by atoms with Crippen molar-refractivity contribution in [2.75, 3.05) is 11.1 Å². The summed E-state index contributed by atoms with van der Waals surface area (Å²) in [5, 5.41) is 10.4. The first kappa shape index (κ1) is 12.9. The zero-order valence-corrected chi connectivity index (χ0v) is 11.2. The van der Waals surface area contributed by atoms with E-state index < -0.39 is 5.91 Å². The van der Waals surface area contributed by atoms with Crippen LogP contribution in [0.15, 0.2) is 30.6 Å². The Bertz CT molecular complexity index is 840. The molecule has 2 heterocycles. The first-order valence-corrected chi connectivity index (χ1v) is 6.16. The third kappa shape index (κ3) is 2.22. The van der Waals surface area contributed by atoms with Crippen LogP contribution in [-0.4, -0.2) is 25.7 Å². The Kier molecular flexibility index (Phi) is 2.90. The summed E-state index contributed by atoms with van der Waals surface area (Å²) < 4.78 is 1.90. The number of hydrogen-bond donors (Lipinski definition) is 3. The number of nitrogens with two attached hydrogens (primary N) is 2. The first-order valence-electron chi connectivity index (χ1n) is 6.16. The molecule has 0 spiro atoms. The molecule has 3 rings (SSSR count). The van der Waals surface area contributed by atoms with Crippen LogP contribution < -0.4 is 16.8 Å². The molecular weight excluding hydrogens is 270 g/mol. The monoisotopic (exact) mass is 283 g/mol. The number of anilines is 3. The SMILES string of the molecule is Cn1cnc2c(Nc3cc(N)nnc3C(N)=O)cccc21. The Morgan fingerprint density at radius 2 is 2.10 bits per heavy atom. The summed E-state index contributed by atoms with van der Waals surface area (Å²) in [6.45, 7) is 0. The number of nitrogen functional groups attached to an aromatic ring is 1. The Balaban J connectivity index is 2.10. The van der Waals surface area contributed by atoms with E-state index >= 15 is 0 Å². The number of nitrogens with one attached hydrogen (secondary N) is 1. The maximum atomic E-state index is 11.4. The van der Waals surface area contributed by atoms with Crippen LogP contribution in [0.1, 0.15) is 10.5 Å². The molecular formula is C13H13N7O. The molecule has 0 bridgehead atoms. The minimum Gasteiger partial charge on any atom is -0.382 e. The second-order valence-electron chi connectivity index (χ2n) is 4.55. The Morgan fingerprint density at radius 3 is 2.86 bits per heavy atom. The average molecular weight is 283 g/mol. The van der Waals surface area contributed by atoms with E-state index in [9.17, 15) is 4.79 Å². The smallest absolute Gasteiger partial charge is 0.271 e. The van der Waals surface area contributed by atoms with Gasteiger partial charge >= 0.3 is 0 Å². The number of aromatic nitrogens is 4. The summed E-state index contributed by atoms with van der Waals surface area (Å²) in [6.07, 6.45) is 1.71. The van der Waals surface area contributed by atoms with Gasteiger partial charge < -0.3 is 21.4 Å². The summed E-state index contributed by atoms with van der Waals surface area (Å²) in [5.41, 5.74) is 13.8. The van der Waals surface area contributed by atoms with Crippen LogP contribution in [-0.2, 0) is 7.05 Å². The number of aryl methyl sites for hydroxylation is 1. The molecule has 0 aliphatic rings. The molecule has 0 saturated carbocycles. The lowest BCUT2D eigenvalue weighted by Crippen LogP contribution is -2.17. The van der Waals surface area contributed by atoms with Crippen molar-refractivity contribution in [2.24, 2.45) is 12.8 Å². The topological polar surface area (TPSA) is 125 Å². The molecule has 8 heteroatoms. The van der Waals surface area contributed by atoms with Crippen LogP contribution >= 0.6 is 0 Å². The van der Waals surface area contributed by atoms with Gasteiger partial charge in [-0.15, -0.1) is 10.2 Å². The standard InChI is InChI=1S/C13H13N7O/c1-20-6-16-11-7(3-2-4-9(11)20)17-8-5-10(14)18-19-12(8)13(15)21/h2-6H,1H3,(H2,15,21)(H3,14,17,18). The highest BCUT2D eigenvalue weighted by atomic mass is 16.1. The Morgan fingerprint density at radius 1 is 1.29 bits per heavy atom. The van der Waals surface area contributed by atoms with E-state index in [0.29, 0.717) is 5.69 Å². The summed E-state index contributed by atoms with van der Waals surface area (Å²) in [7, 11) is 1.90. The van der Waals surface area contributed by atoms with Gasteiger partial charge in [0.1, 0.15) is 11.3 Å². The molecule has 0 aliphatic carbocycles. The van der Waals surface area contributed by atoms with Crippen molar-refractivity contribution < 1.29 is 4.79 Å². The molecule has 0 unspecified atom stereocenters. The van der Waals surface area contributed by atoms with Gasteiger partial charge in [-0.2, -0.15) is 0 Å². The highest BCUT2D eigenvalue weighted by molar-refractivity contribution is 5.99. The van der Waals surface area contributed by atoms with Crippen molar-refractivity contribution in [1.29, 1.82) is 0 Å². The molecule has 0 fully saturated rings. The number of primary amides is 1. The summed E-state index contributed by atoms with van der Waals surface area (Å²) in [6, 6.07) is 7.18. The lowest BCUT2D eigenvalue weighted by Gasteiger charge is -2.10. The lowest BCUT2D eigenvalue weighted by molar-refractivity contribution is 0.0995. The fourth-order valence-corrected chi connectivity index (χ4v) is 2.09. The molecule has 0 aliphatic heterocycles. The van der Waals surface area contributed by atoms with Crippen LogP contribution in [0.2, 0.25) is 0 Å². The maximum absolute atomic E-state index is 11.4. The number of carbonyl (C=O) groups excluding carboxylic acids is 1. The van der Waals surface area contributed by atoms with Crippen LogP contribution in [0.5, 0.6) is 0 Å². The number of rotatable bonds is 3. The van der Waals surface area contributed by atoms with Gasteiger partial charge in [-0.25, -0.2) is 4.98 Å². The summed E-state index contributed by atoms with van der Waals surface area (Å²) >= 11 is 0. The fourth-order valence-electron chi connectivity index (χ4n) is 2.09. The number of benzene rings is 1. The van der Waals surface area contributed by atoms with Crippen molar-refractivity contribution in [3.8, 4) is 0 Å². The number of amides is 1. The normalized spacial score (nSPS) is 10.7. The Labute approximate surface area is 119 Å². The molecule has 5 N–H and O–H groups in total. The van der Waals surface area contributed by atoms with Crippen molar-refractivity contribution in [3.05, 3.63) is 36.3 Å². The molecule has 21 heavy (non-hydrogen) atoms. The fraction of sp³-hybridized carbons (Fsp3) is 0.0769. The van der Waals surface area contributed by atoms with Crippen molar-refractivity contribution >= 4 is 34.1 Å². The van der Waals surface area contributed by atoms with E-state index in [0.717, 1.165) is 16.7 Å². The van der Waals surface area contributed by atoms with E-state index in [2.05, 4.69) is 20.5 Å². The molecule has 1 aromatic carbocycles. The van der Waals surface area contributed by atoms with E-state index in [1.807, 2.05) is 29.8 Å². The van der Waals surface area contributed by atoms with Crippen LogP contribution in [0.3, 0.4) is 0 Å². The van der Waals surface area contributed by atoms with Crippen molar-refractivity contribution in [3.63, 3.8) is 0 Å². The molecule has 1 amide bonds. The van der Waals surface area contributed by atoms with Gasteiger partial charge in [-0.1, -0.05) is 6.07 Å². The quantitative estimate of drug-likeness (QED) is 0.652. The largest absolute Gasteiger partial charge is 0.382 e. The zero-order valence-electron chi connectivity index (χ0n) is 11.2. The van der Waals surface area contributed by atoms with Gasteiger partial charge in [0.25, 0.3) is 5.91 Å². The van der Waals surface area contributed by atoms with E-state index in [-0.39, 0.29) is 11.5 Å². The van der Waals surface area contributed by atoms with Gasteiger partial charge in [-0.3, -0.25) is 4.79 Å². The van der Waals surface area contributed by atoms with Crippen LogP contribution in [0, 0.1) is 0 Å². The molecule has 0 atom stereocenters. The number of imidazole rings is 1. The number of para-hydroxylation sites is 1. The van der Waals surface area contributed by atoms with Crippen LogP contribution in [0.4, 0.5) is 17.2 Å². The molecule has 106 valence electrons. The third-order valence-electron chi connectivity index (χ3n) is 3.07. The first-order chi connectivity index (χ1) is 10.1. The minimum atomic E-state index is -0.682. The van der Waals surface area contributed by atoms with Crippen molar-refractivity contribution in [1.82, 2.24) is 19.7 Å².